The number of hydrogen-bond acceptors (Lipinski definition) is 5. The Hall–Kier alpha value is -5.41. The van der Waals surface area contributed by atoms with Crippen LogP contribution in [-0.2, 0) is 26.3 Å². The van der Waals surface area contributed by atoms with E-state index >= 15 is 0 Å². The number of fused-ring (bicyclic) bond motifs is 3. The van der Waals surface area contributed by atoms with Crippen molar-refractivity contribution in [2.75, 3.05) is 4.90 Å². The van der Waals surface area contributed by atoms with Crippen molar-refractivity contribution in [2.24, 2.45) is 0 Å². The molecular formula is C37H32N2O4. The normalized spacial score (nSPS) is 12.3. The fourth-order valence-corrected chi connectivity index (χ4v) is 5.30. The third-order valence-corrected chi connectivity index (χ3v) is 7.61. The molecule has 6 nitrogen and oxygen atoms in total. The van der Waals surface area contributed by atoms with Gasteiger partial charge in [-0.25, -0.2) is 14.4 Å². The summed E-state index contributed by atoms with van der Waals surface area (Å²) >= 11 is 0. The van der Waals surface area contributed by atoms with E-state index in [1.807, 2.05) is 30.3 Å². The molecule has 0 aliphatic heterocycles. The van der Waals surface area contributed by atoms with Crippen LogP contribution in [0.4, 0.5) is 22.7 Å². The molecule has 1 aliphatic rings. The molecule has 6 heteroatoms. The van der Waals surface area contributed by atoms with E-state index in [4.69, 9.17) is 16.0 Å². The van der Waals surface area contributed by atoms with Gasteiger partial charge in [-0.2, -0.15) is 0 Å². The van der Waals surface area contributed by atoms with E-state index in [0.717, 1.165) is 22.6 Å². The molecule has 214 valence electrons. The van der Waals surface area contributed by atoms with E-state index in [2.05, 4.69) is 79.2 Å². The van der Waals surface area contributed by atoms with Gasteiger partial charge in [0, 0.05) is 33.6 Å². The molecule has 0 saturated heterocycles. The topological polar surface area (TPSA) is 60.2 Å². The lowest BCUT2D eigenvalue weighted by Crippen LogP contribution is -2.16. The van der Waals surface area contributed by atoms with Crippen molar-refractivity contribution < 1.29 is 19.1 Å². The summed E-state index contributed by atoms with van der Waals surface area (Å²) in [6.45, 7) is 22.8. The second-order valence-electron chi connectivity index (χ2n) is 11.2. The SMILES string of the molecule is [C-]#[N+]c1cc(N(c2ccc(COC(=O)C(=C)C)cc2)c2ccc3c(c2)C(C)(C)c2ccccc2-3)ccc1OC(=O)C(=C)C. The first-order valence-electron chi connectivity index (χ1n) is 13.9. The van der Waals surface area contributed by atoms with Crippen LogP contribution < -0.4 is 9.64 Å². The third-order valence-electron chi connectivity index (χ3n) is 7.61. The van der Waals surface area contributed by atoms with Crippen molar-refractivity contribution in [3.05, 3.63) is 137 Å². The quantitative estimate of drug-likeness (QED) is 0.0918. The van der Waals surface area contributed by atoms with Gasteiger partial charge in [-0.05, 0) is 84.1 Å². The first kappa shape index (κ1) is 29.1. The van der Waals surface area contributed by atoms with Crippen molar-refractivity contribution in [3.8, 4) is 16.9 Å². The lowest BCUT2D eigenvalue weighted by molar-refractivity contribution is -0.140. The Morgan fingerprint density at radius 1 is 0.791 bits per heavy atom. The highest BCUT2D eigenvalue weighted by atomic mass is 16.5. The maximum absolute atomic E-state index is 12.2. The minimum Gasteiger partial charge on any atom is -0.457 e. The van der Waals surface area contributed by atoms with Crippen LogP contribution in [0.15, 0.2) is 109 Å². The fraction of sp³-hybridized carbons (Fsp3) is 0.162. The zero-order valence-electron chi connectivity index (χ0n) is 24.7. The summed E-state index contributed by atoms with van der Waals surface area (Å²) in [6, 6.07) is 27.8. The van der Waals surface area contributed by atoms with Crippen LogP contribution in [0.3, 0.4) is 0 Å². The third kappa shape index (κ3) is 5.58. The number of rotatable bonds is 8. The summed E-state index contributed by atoms with van der Waals surface area (Å²) in [5.41, 5.74) is 8.80. The van der Waals surface area contributed by atoms with E-state index in [-0.39, 0.29) is 29.0 Å². The molecule has 0 saturated carbocycles. The Labute approximate surface area is 252 Å². The molecule has 0 bridgehead atoms. The number of ether oxygens (including phenoxy) is 2. The predicted octanol–water partition coefficient (Wildman–Crippen LogP) is 9.11. The van der Waals surface area contributed by atoms with E-state index in [1.165, 1.54) is 22.3 Å². The largest absolute Gasteiger partial charge is 0.457 e. The summed E-state index contributed by atoms with van der Waals surface area (Å²) in [5, 5.41) is 0. The minimum atomic E-state index is -0.585. The monoisotopic (exact) mass is 568 g/mol. The van der Waals surface area contributed by atoms with Crippen molar-refractivity contribution >= 4 is 34.7 Å². The summed E-state index contributed by atoms with van der Waals surface area (Å²) in [5.74, 6) is -0.851. The Kier molecular flexibility index (Phi) is 7.76. The molecule has 0 fully saturated rings. The number of carbonyl (C=O) groups is 2. The second kappa shape index (κ2) is 11.5. The maximum atomic E-state index is 12.2. The average Bonchev–Trinajstić information content (AvgIpc) is 3.23. The van der Waals surface area contributed by atoms with E-state index < -0.39 is 11.9 Å². The van der Waals surface area contributed by atoms with Crippen LogP contribution in [0.5, 0.6) is 5.75 Å². The van der Waals surface area contributed by atoms with Gasteiger partial charge in [0.25, 0.3) is 0 Å². The van der Waals surface area contributed by atoms with E-state index in [9.17, 15) is 9.59 Å². The summed E-state index contributed by atoms with van der Waals surface area (Å²) < 4.78 is 10.8. The second-order valence-corrected chi connectivity index (χ2v) is 11.2. The number of nitrogens with zero attached hydrogens (tertiary/aromatic N) is 2. The molecule has 1 aliphatic carbocycles. The van der Waals surface area contributed by atoms with Crippen LogP contribution >= 0.6 is 0 Å². The van der Waals surface area contributed by atoms with Gasteiger partial charge in [-0.15, -0.1) is 0 Å². The maximum Gasteiger partial charge on any atom is 0.337 e. The zero-order chi connectivity index (χ0) is 30.9. The Morgan fingerprint density at radius 3 is 2.07 bits per heavy atom. The van der Waals surface area contributed by atoms with Crippen LogP contribution in [0.2, 0.25) is 0 Å². The fourth-order valence-electron chi connectivity index (χ4n) is 5.30. The molecule has 4 aromatic rings. The van der Waals surface area contributed by atoms with Crippen molar-refractivity contribution in [3.63, 3.8) is 0 Å². The molecule has 5 rings (SSSR count). The first-order valence-corrected chi connectivity index (χ1v) is 13.9. The van der Waals surface area contributed by atoms with Gasteiger partial charge in [0.1, 0.15) is 12.4 Å². The van der Waals surface area contributed by atoms with E-state index in [0.29, 0.717) is 5.57 Å². The lowest BCUT2D eigenvalue weighted by atomic mass is 9.82. The molecular weight excluding hydrogens is 536 g/mol. The molecule has 0 aromatic heterocycles. The van der Waals surface area contributed by atoms with Crippen molar-refractivity contribution in [1.29, 1.82) is 0 Å². The smallest absolute Gasteiger partial charge is 0.337 e. The highest BCUT2D eigenvalue weighted by molar-refractivity contribution is 5.91. The molecule has 0 unspecified atom stereocenters. The van der Waals surface area contributed by atoms with Gasteiger partial charge in [-0.3, -0.25) is 0 Å². The molecule has 0 spiro atoms. The number of esters is 2. The average molecular weight is 569 g/mol. The minimum absolute atomic E-state index is 0.127. The Morgan fingerprint density at radius 2 is 1.40 bits per heavy atom. The first-order chi connectivity index (χ1) is 20.5. The van der Waals surface area contributed by atoms with Gasteiger partial charge in [0.05, 0.1) is 6.57 Å². The highest BCUT2D eigenvalue weighted by Gasteiger charge is 2.35. The molecule has 43 heavy (non-hydrogen) atoms. The standard InChI is InChI=1S/C37H32N2O4/c1-23(2)35(40)42-22-25-12-14-26(15-13-25)39(28-17-19-34(33(21-28)38-7)43-36(41)24(3)4)27-16-18-30-29-10-8-9-11-31(29)37(5,6)32(30)20-27/h8-21H,1,3,22H2,2,4-6H3. The van der Waals surface area contributed by atoms with Crippen LogP contribution in [0.1, 0.15) is 44.4 Å². The number of benzene rings is 4. The van der Waals surface area contributed by atoms with Crippen LogP contribution in [0.25, 0.3) is 16.0 Å². The van der Waals surface area contributed by atoms with Crippen LogP contribution in [-0.4, -0.2) is 11.9 Å². The van der Waals surface area contributed by atoms with E-state index in [1.54, 1.807) is 26.0 Å². The van der Waals surface area contributed by atoms with Crippen molar-refractivity contribution in [1.82, 2.24) is 0 Å². The molecule has 0 radical (unpaired) electrons. The van der Waals surface area contributed by atoms with Crippen molar-refractivity contribution in [2.45, 2.75) is 39.7 Å². The molecule has 0 heterocycles. The molecule has 0 N–H and O–H groups in total. The number of carbonyl (C=O) groups excluding carboxylic acids is 2. The summed E-state index contributed by atoms with van der Waals surface area (Å²) in [7, 11) is 0. The lowest BCUT2D eigenvalue weighted by Gasteiger charge is -2.28. The van der Waals surface area contributed by atoms with Gasteiger partial charge < -0.3 is 14.4 Å². The Bertz CT molecular complexity index is 1830. The number of anilines is 3. The summed E-state index contributed by atoms with van der Waals surface area (Å²) in [6.07, 6.45) is 0. The molecule has 0 atom stereocenters. The molecule has 4 aromatic carbocycles. The molecule has 0 amide bonds. The predicted molar refractivity (Wildman–Crippen MR) is 170 cm³/mol. The Balaban J connectivity index is 1.59. The summed E-state index contributed by atoms with van der Waals surface area (Å²) in [4.78, 5) is 29.8. The van der Waals surface area contributed by atoms with Crippen LogP contribution in [0, 0.1) is 6.57 Å². The zero-order valence-corrected chi connectivity index (χ0v) is 24.7. The van der Waals surface area contributed by atoms with Gasteiger partial charge in [0.15, 0.2) is 0 Å². The number of hydrogen-bond donors (Lipinski definition) is 0. The van der Waals surface area contributed by atoms with Gasteiger partial charge in [-0.1, -0.05) is 69.5 Å². The van der Waals surface area contributed by atoms with Gasteiger partial charge in [0.2, 0.25) is 5.69 Å². The van der Waals surface area contributed by atoms with Gasteiger partial charge >= 0.3 is 11.9 Å². The highest BCUT2D eigenvalue weighted by Crippen LogP contribution is 2.50.